The molecule has 42 heavy (non-hydrogen) atoms. The van der Waals surface area contributed by atoms with Crippen molar-refractivity contribution in [1.82, 2.24) is 22.9 Å². The number of thiophene rings is 1. The topological polar surface area (TPSA) is 153 Å². The molecule has 0 radical (unpaired) electrons. The molecule has 3 aromatic heterocycles. The predicted octanol–water partition coefficient (Wildman–Crippen LogP) is 4.14. The number of piperazine rings is 1. The van der Waals surface area contributed by atoms with Gasteiger partial charge in [0.05, 0.1) is 12.0 Å². The lowest BCUT2D eigenvalue weighted by Crippen LogP contribution is -2.44. The molecule has 2 atom stereocenters. The minimum atomic E-state index is -3.85. The van der Waals surface area contributed by atoms with Gasteiger partial charge in [-0.25, -0.2) is 13.4 Å². The van der Waals surface area contributed by atoms with Crippen LogP contribution < -0.4 is 10.8 Å². The van der Waals surface area contributed by atoms with Crippen molar-refractivity contribution < 1.29 is 22.5 Å². The number of hydrogen-bond donors (Lipinski definition) is 3. The molecule has 1 aliphatic heterocycles. The van der Waals surface area contributed by atoms with Crippen LogP contribution in [0.4, 0.5) is 11.5 Å². The van der Waals surface area contributed by atoms with Gasteiger partial charge in [0.25, 0.3) is 10.0 Å². The van der Waals surface area contributed by atoms with Gasteiger partial charge in [-0.15, -0.1) is 15.7 Å². The van der Waals surface area contributed by atoms with Gasteiger partial charge >= 0.3 is 0 Å². The highest BCUT2D eigenvalue weighted by molar-refractivity contribution is 7.91. The van der Waals surface area contributed by atoms with Crippen molar-refractivity contribution in [1.29, 1.82) is 0 Å². The van der Waals surface area contributed by atoms with Crippen molar-refractivity contribution in [2.24, 2.45) is 10.9 Å². The lowest BCUT2D eigenvalue weighted by atomic mass is 10.0. The predicted molar refractivity (Wildman–Crippen MR) is 165 cm³/mol. The van der Waals surface area contributed by atoms with Crippen LogP contribution in [0.1, 0.15) is 57.9 Å². The molecule has 0 aromatic carbocycles. The van der Waals surface area contributed by atoms with Crippen LogP contribution in [0.2, 0.25) is 0 Å². The van der Waals surface area contributed by atoms with E-state index < -0.39 is 26.9 Å². The monoisotopic (exact) mass is 641 g/mol. The fourth-order valence-electron chi connectivity index (χ4n) is 4.96. The van der Waals surface area contributed by atoms with Crippen LogP contribution in [0.15, 0.2) is 31.3 Å². The number of aromatic amines is 1. The Hall–Kier alpha value is -2.27. The average Bonchev–Trinajstić information content (AvgIpc) is 3.66. The van der Waals surface area contributed by atoms with Crippen LogP contribution in [-0.4, -0.2) is 93.8 Å². The van der Waals surface area contributed by atoms with Crippen LogP contribution >= 0.6 is 22.5 Å². The van der Waals surface area contributed by atoms with Gasteiger partial charge in [-0.1, -0.05) is 27.7 Å². The van der Waals surface area contributed by atoms with E-state index in [2.05, 4.69) is 30.9 Å². The highest BCUT2D eigenvalue weighted by atomic mass is 32.2. The van der Waals surface area contributed by atoms with Crippen LogP contribution in [0.25, 0.3) is 0 Å². The fourth-order valence-corrected chi connectivity index (χ4v) is 8.45. The summed E-state index contributed by atoms with van der Waals surface area (Å²) in [6.45, 7) is 13.7. The Balaban J connectivity index is 1.47. The summed E-state index contributed by atoms with van der Waals surface area (Å²) >= 11 is -0.862. The quantitative estimate of drug-likeness (QED) is 0.174. The number of H-pyrrole nitrogens is 1. The van der Waals surface area contributed by atoms with Crippen molar-refractivity contribution in [2.45, 2.75) is 57.2 Å². The largest absolute Gasteiger partial charge is 0.548 e. The van der Waals surface area contributed by atoms with Gasteiger partial charge in [0.1, 0.15) is 11.8 Å². The number of likely N-dealkylation sites (N-methyl/N-ethyl adjacent to an activating group) is 1. The molecule has 0 amide bonds. The molecule has 0 spiro atoms. The lowest BCUT2D eigenvalue weighted by molar-refractivity contribution is 0.152. The Morgan fingerprint density at radius 2 is 1.98 bits per heavy atom. The first-order valence-corrected chi connectivity index (χ1v) is 17.9. The van der Waals surface area contributed by atoms with Crippen LogP contribution in [-0.2, 0) is 16.4 Å². The van der Waals surface area contributed by atoms with E-state index in [9.17, 15) is 18.1 Å². The van der Waals surface area contributed by atoms with Gasteiger partial charge in [-0.2, -0.15) is 4.31 Å². The number of nitrogens with zero attached hydrogens (tertiary/aromatic N) is 5. The molecular weight excluding hydrogens is 599 g/mol. The summed E-state index contributed by atoms with van der Waals surface area (Å²) < 4.78 is 52.1. The summed E-state index contributed by atoms with van der Waals surface area (Å²) in [5.74, 6) is 0.507. The molecule has 4 rings (SSSR count). The van der Waals surface area contributed by atoms with E-state index in [1.807, 2.05) is 19.9 Å². The minimum absolute atomic E-state index is 0.0613. The Bertz CT molecular complexity index is 1460. The summed E-state index contributed by atoms with van der Waals surface area (Å²) in [4.78, 5) is 9.69. The van der Waals surface area contributed by atoms with E-state index >= 15 is 0 Å². The van der Waals surface area contributed by atoms with Gasteiger partial charge in [-0.05, 0) is 50.4 Å². The number of rotatable bonds is 14. The van der Waals surface area contributed by atoms with E-state index in [-0.39, 0.29) is 46.3 Å². The molecule has 0 aliphatic carbocycles. The molecule has 0 saturated carbocycles. The summed E-state index contributed by atoms with van der Waals surface area (Å²) in [6.07, 6.45) is 4.92. The SMILES string of the molecule is CCN(CC)S(=O)(=O)c1scc(Nc2n[s+]([O-])[nH]c2=N[C@@H](c2cc(CCCCN3CCN(C)CC3)co2)C(C)C)c1O. The molecule has 4 heterocycles. The molecule has 234 valence electrons. The van der Waals surface area contributed by atoms with E-state index in [1.165, 1.54) is 9.69 Å². The molecule has 0 bridgehead atoms. The van der Waals surface area contributed by atoms with Crippen molar-refractivity contribution in [3.05, 3.63) is 34.5 Å². The summed E-state index contributed by atoms with van der Waals surface area (Å²) in [7, 11) is -1.68. The number of furan rings is 1. The first-order valence-electron chi connectivity index (χ1n) is 14.4. The maximum atomic E-state index is 12.9. The van der Waals surface area contributed by atoms with Gasteiger partial charge in [-0.3, -0.25) is 0 Å². The minimum Gasteiger partial charge on any atom is -0.548 e. The van der Waals surface area contributed by atoms with E-state index in [1.54, 1.807) is 20.1 Å². The third-order valence-electron chi connectivity index (χ3n) is 7.50. The zero-order valence-corrected chi connectivity index (χ0v) is 27.4. The van der Waals surface area contributed by atoms with E-state index in [0.717, 1.165) is 68.9 Å². The van der Waals surface area contributed by atoms with Crippen molar-refractivity contribution in [3.63, 3.8) is 0 Å². The molecular formula is C27H43N7O5S3. The molecule has 1 unspecified atom stereocenters. The molecule has 15 heteroatoms. The van der Waals surface area contributed by atoms with Gasteiger partial charge in [0, 0.05) is 49.0 Å². The van der Waals surface area contributed by atoms with Crippen molar-refractivity contribution in [2.75, 3.05) is 58.2 Å². The van der Waals surface area contributed by atoms with Gasteiger partial charge in [0.2, 0.25) is 11.3 Å². The number of unbranched alkanes of at least 4 members (excludes halogenated alkanes) is 1. The van der Waals surface area contributed by atoms with Gasteiger partial charge < -0.3 is 29.2 Å². The molecule has 3 aromatic rings. The third-order valence-corrected chi connectivity index (χ3v) is 11.8. The first kappa shape index (κ1) is 32.6. The zero-order valence-electron chi connectivity index (χ0n) is 25.0. The second-order valence-electron chi connectivity index (χ2n) is 10.9. The second-order valence-corrected chi connectivity index (χ2v) is 14.8. The maximum Gasteiger partial charge on any atom is 0.256 e. The number of aromatic nitrogens is 2. The van der Waals surface area contributed by atoms with Gasteiger partial charge in [0.15, 0.2) is 21.1 Å². The van der Waals surface area contributed by atoms with Crippen LogP contribution in [0, 0.1) is 5.92 Å². The van der Waals surface area contributed by atoms with Crippen molar-refractivity contribution in [3.8, 4) is 5.75 Å². The fraction of sp³-hybridized carbons (Fsp3) is 0.630. The van der Waals surface area contributed by atoms with Crippen LogP contribution in [0.3, 0.4) is 0 Å². The Morgan fingerprint density at radius 1 is 1.26 bits per heavy atom. The number of anilines is 2. The standard InChI is InChI=1S/C27H43N7O5S3/c1-6-34(7-2)42(37,38)27-24(35)21(18-40-27)28-25-26(31-41(36)30-25)29-23(19(3)4)22-16-20(17-39-22)10-8-9-11-33-14-12-32(5)13-15-33/h16-19,23,35H,6-15H2,1-5H3,(H,28,30)(H,29,31)/t23-,41?/m1/s1. The average molecular weight is 642 g/mol. The summed E-state index contributed by atoms with van der Waals surface area (Å²) in [5.41, 5.74) is 1.51. The lowest BCUT2D eigenvalue weighted by Gasteiger charge is -2.32. The summed E-state index contributed by atoms with van der Waals surface area (Å²) in [5, 5.41) is 15.2. The Kier molecular flexibility index (Phi) is 11.2. The zero-order chi connectivity index (χ0) is 30.4. The summed E-state index contributed by atoms with van der Waals surface area (Å²) in [6, 6.07) is 1.67. The molecule has 3 N–H and O–H groups in total. The van der Waals surface area contributed by atoms with Crippen LogP contribution in [0.5, 0.6) is 5.75 Å². The normalized spacial score (nSPS) is 17.0. The van der Waals surface area contributed by atoms with Crippen molar-refractivity contribution >= 4 is 44.0 Å². The molecule has 12 nitrogen and oxygen atoms in total. The Morgan fingerprint density at radius 3 is 2.64 bits per heavy atom. The van der Waals surface area contributed by atoms with E-state index in [4.69, 9.17) is 9.41 Å². The Labute approximate surface area is 255 Å². The molecule has 1 fully saturated rings. The third kappa shape index (κ3) is 7.81. The number of hydrogen-bond acceptors (Lipinski definition) is 11. The first-order chi connectivity index (χ1) is 20.0. The van der Waals surface area contributed by atoms with E-state index in [0.29, 0.717) is 5.76 Å². The molecule has 1 saturated heterocycles. The number of aryl methyl sites for hydroxylation is 1. The maximum absolute atomic E-state index is 12.9. The number of nitrogens with one attached hydrogen (secondary N) is 2. The highest BCUT2D eigenvalue weighted by Gasteiger charge is 2.29. The second kappa shape index (κ2) is 14.5. The number of sulfonamides is 1. The highest BCUT2D eigenvalue weighted by Crippen LogP contribution is 2.40. The molecule has 1 aliphatic rings. The number of aromatic hydroxyl groups is 1. The smallest absolute Gasteiger partial charge is 0.256 e.